The maximum Gasteiger partial charge on any atom is 0.280 e. The van der Waals surface area contributed by atoms with Gasteiger partial charge in [-0.2, -0.15) is 0 Å². The van der Waals surface area contributed by atoms with Crippen LogP contribution in [0.3, 0.4) is 0 Å². The lowest BCUT2D eigenvalue weighted by atomic mass is 10.1. The zero-order valence-corrected chi connectivity index (χ0v) is 15.3. The SMILES string of the molecule is COc1ccc(CNC(=O)C=Cc2cc3c(cc2[N+](=O)[O-])OCO3)cc1OC. The van der Waals surface area contributed by atoms with E-state index in [0.29, 0.717) is 23.0 Å². The summed E-state index contributed by atoms with van der Waals surface area (Å²) in [4.78, 5) is 22.8. The van der Waals surface area contributed by atoms with Gasteiger partial charge in [0, 0.05) is 12.6 Å². The van der Waals surface area contributed by atoms with Crippen LogP contribution >= 0.6 is 0 Å². The lowest BCUT2D eigenvalue weighted by Gasteiger charge is -2.09. The molecule has 9 nitrogen and oxygen atoms in total. The van der Waals surface area contributed by atoms with Crippen LogP contribution in [-0.4, -0.2) is 31.8 Å². The molecule has 0 saturated carbocycles. The minimum Gasteiger partial charge on any atom is -0.493 e. The first-order chi connectivity index (χ1) is 13.5. The number of nitrogens with one attached hydrogen (secondary N) is 1. The molecule has 0 atom stereocenters. The van der Waals surface area contributed by atoms with E-state index in [1.54, 1.807) is 25.3 Å². The number of amides is 1. The van der Waals surface area contributed by atoms with Gasteiger partial charge < -0.3 is 24.3 Å². The van der Waals surface area contributed by atoms with Gasteiger partial charge in [-0.3, -0.25) is 14.9 Å². The predicted octanol–water partition coefficient (Wildman–Crippen LogP) is 2.67. The number of nitro groups is 1. The fourth-order valence-corrected chi connectivity index (χ4v) is 2.64. The van der Waals surface area contributed by atoms with Gasteiger partial charge in [0.25, 0.3) is 5.69 Å². The molecule has 0 unspecified atom stereocenters. The lowest BCUT2D eigenvalue weighted by molar-refractivity contribution is -0.385. The van der Waals surface area contributed by atoms with Gasteiger partial charge in [-0.25, -0.2) is 0 Å². The zero-order chi connectivity index (χ0) is 20.1. The molecule has 0 saturated heterocycles. The van der Waals surface area contributed by atoms with Crippen molar-refractivity contribution in [1.29, 1.82) is 0 Å². The lowest BCUT2D eigenvalue weighted by Crippen LogP contribution is -2.20. The normalized spacial score (nSPS) is 12.1. The monoisotopic (exact) mass is 386 g/mol. The Morgan fingerprint density at radius 1 is 1.18 bits per heavy atom. The van der Waals surface area contributed by atoms with Crippen LogP contribution in [0.25, 0.3) is 6.08 Å². The van der Waals surface area contributed by atoms with Gasteiger partial charge in [-0.05, 0) is 29.8 Å². The van der Waals surface area contributed by atoms with Gasteiger partial charge in [-0.1, -0.05) is 6.07 Å². The van der Waals surface area contributed by atoms with Gasteiger partial charge in [-0.15, -0.1) is 0 Å². The molecule has 2 aromatic carbocycles. The third kappa shape index (κ3) is 4.14. The maximum absolute atomic E-state index is 12.1. The molecule has 0 aliphatic carbocycles. The molecule has 9 heteroatoms. The van der Waals surface area contributed by atoms with Crippen LogP contribution in [0.15, 0.2) is 36.4 Å². The van der Waals surface area contributed by atoms with Crippen molar-refractivity contribution in [2.24, 2.45) is 0 Å². The molecule has 0 radical (unpaired) electrons. The van der Waals surface area contributed by atoms with Crippen molar-refractivity contribution in [1.82, 2.24) is 5.32 Å². The zero-order valence-electron chi connectivity index (χ0n) is 15.3. The number of methoxy groups -OCH3 is 2. The molecule has 1 N–H and O–H groups in total. The summed E-state index contributed by atoms with van der Waals surface area (Å²) in [7, 11) is 3.07. The van der Waals surface area contributed by atoms with Crippen molar-refractivity contribution in [3.63, 3.8) is 0 Å². The standard InChI is InChI=1S/C19H18N2O7/c1-25-15-5-3-12(7-16(15)26-2)10-20-19(22)6-4-13-8-17-18(28-11-27-17)9-14(13)21(23)24/h3-9H,10-11H2,1-2H3,(H,20,22). The van der Waals surface area contributed by atoms with Crippen LogP contribution in [0.5, 0.6) is 23.0 Å². The average molecular weight is 386 g/mol. The molecule has 1 amide bonds. The second kappa shape index (κ2) is 8.30. The quantitative estimate of drug-likeness (QED) is 0.443. The van der Waals surface area contributed by atoms with Crippen LogP contribution in [0.2, 0.25) is 0 Å². The van der Waals surface area contributed by atoms with Crippen molar-refractivity contribution < 1.29 is 28.7 Å². The number of nitrogens with zero attached hydrogens (tertiary/aromatic N) is 1. The van der Waals surface area contributed by atoms with Gasteiger partial charge in [0.2, 0.25) is 12.7 Å². The first kappa shape index (κ1) is 19.0. The van der Waals surface area contributed by atoms with Crippen LogP contribution in [0.1, 0.15) is 11.1 Å². The number of carbonyl (C=O) groups excluding carboxylic acids is 1. The Hall–Kier alpha value is -3.75. The molecule has 2 aromatic rings. The van der Waals surface area contributed by atoms with Crippen LogP contribution < -0.4 is 24.3 Å². The summed E-state index contributed by atoms with van der Waals surface area (Å²) in [5, 5.41) is 14.0. The Morgan fingerprint density at radius 2 is 1.89 bits per heavy atom. The number of rotatable bonds is 7. The van der Waals surface area contributed by atoms with Crippen molar-refractivity contribution in [3.8, 4) is 23.0 Å². The van der Waals surface area contributed by atoms with Crippen molar-refractivity contribution in [3.05, 3.63) is 57.6 Å². The van der Waals surface area contributed by atoms with Crippen molar-refractivity contribution in [2.45, 2.75) is 6.54 Å². The summed E-state index contributed by atoms with van der Waals surface area (Å²) in [5.41, 5.74) is 0.886. The summed E-state index contributed by atoms with van der Waals surface area (Å²) in [6.45, 7) is 0.262. The molecule has 1 aliphatic rings. The first-order valence-electron chi connectivity index (χ1n) is 8.26. The van der Waals surface area contributed by atoms with E-state index in [1.165, 1.54) is 31.4 Å². The van der Waals surface area contributed by atoms with Crippen LogP contribution in [0, 0.1) is 10.1 Å². The first-order valence-corrected chi connectivity index (χ1v) is 8.26. The molecule has 0 spiro atoms. The third-order valence-electron chi connectivity index (χ3n) is 4.05. The number of carbonyl (C=O) groups is 1. The molecule has 0 aromatic heterocycles. The van der Waals surface area contributed by atoms with Crippen LogP contribution in [-0.2, 0) is 11.3 Å². The Morgan fingerprint density at radius 3 is 2.57 bits per heavy atom. The second-order valence-electron chi connectivity index (χ2n) is 5.76. The number of fused-ring (bicyclic) bond motifs is 1. The van der Waals surface area contributed by atoms with E-state index in [2.05, 4.69) is 5.32 Å². The van der Waals surface area contributed by atoms with E-state index in [0.717, 1.165) is 5.56 Å². The van der Waals surface area contributed by atoms with Gasteiger partial charge >= 0.3 is 0 Å². The molecular weight excluding hydrogens is 368 g/mol. The van der Waals surface area contributed by atoms with Gasteiger partial charge in [0.15, 0.2) is 23.0 Å². The van der Waals surface area contributed by atoms with E-state index in [4.69, 9.17) is 18.9 Å². The highest BCUT2D eigenvalue weighted by molar-refractivity contribution is 5.92. The third-order valence-corrected chi connectivity index (χ3v) is 4.05. The van der Waals surface area contributed by atoms with E-state index in [1.807, 2.05) is 0 Å². The molecule has 0 fully saturated rings. The van der Waals surface area contributed by atoms with Gasteiger partial charge in [0.05, 0.1) is 30.8 Å². The summed E-state index contributed by atoms with van der Waals surface area (Å²) >= 11 is 0. The summed E-state index contributed by atoms with van der Waals surface area (Å²) < 4.78 is 20.8. The number of nitro benzene ring substituents is 1. The molecule has 1 aliphatic heterocycles. The average Bonchev–Trinajstić information content (AvgIpc) is 3.17. The molecular formula is C19H18N2O7. The molecule has 1 heterocycles. The Kier molecular flexibility index (Phi) is 5.64. The number of hydrogen-bond donors (Lipinski definition) is 1. The summed E-state index contributed by atoms with van der Waals surface area (Å²) in [6, 6.07) is 8.05. The number of benzene rings is 2. The highest BCUT2D eigenvalue weighted by Crippen LogP contribution is 2.38. The van der Waals surface area contributed by atoms with E-state index >= 15 is 0 Å². The minimum atomic E-state index is -0.539. The summed E-state index contributed by atoms with van der Waals surface area (Å²) in [6.07, 6.45) is 2.59. The summed E-state index contributed by atoms with van der Waals surface area (Å²) in [5.74, 6) is 1.45. The molecule has 0 bridgehead atoms. The van der Waals surface area contributed by atoms with Crippen molar-refractivity contribution >= 4 is 17.7 Å². The Balaban J connectivity index is 1.68. The minimum absolute atomic E-state index is 0.00542. The predicted molar refractivity (Wildman–Crippen MR) is 99.6 cm³/mol. The van der Waals surface area contributed by atoms with E-state index < -0.39 is 10.8 Å². The van der Waals surface area contributed by atoms with E-state index in [9.17, 15) is 14.9 Å². The number of hydrogen-bond acceptors (Lipinski definition) is 7. The Labute approximate surface area is 160 Å². The van der Waals surface area contributed by atoms with E-state index in [-0.39, 0.29) is 24.6 Å². The Bertz CT molecular complexity index is 940. The fourth-order valence-electron chi connectivity index (χ4n) is 2.64. The highest BCUT2D eigenvalue weighted by atomic mass is 16.7. The number of ether oxygens (including phenoxy) is 4. The smallest absolute Gasteiger partial charge is 0.280 e. The second-order valence-corrected chi connectivity index (χ2v) is 5.76. The maximum atomic E-state index is 12.1. The topological polar surface area (TPSA) is 109 Å². The van der Waals surface area contributed by atoms with Gasteiger partial charge in [0.1, 0.15) is 0 Å². The molecule has 28 heavy (non-hydrogen) atoms. The highest BCUT2D eigenvalue weighted by Gasteiger charge is 2.22. The largest absolute Gasteiger partial charge is 0.493 e. The molecule has 3 rings (SSSR count). The molecule has 146 valence electrons. The fraction of sp³-hybridized carbons (Fsp3) is 0.211. The van der Waals surface area contributed by atoms with Crippen LogP contribution in [0.4, 0.5) is 5.69 Å². The van der Waals surface area contributed by atoms with Crippen molar-refractivity contribution in [2.75, 3.05) is 21.0 Å².